The number of unbranched alkanes of at least 4 members (excludes halogenated alkanes) is 2. The van der Waals surface area contributed by atoms with Gasteiger partial charge in [0.2, 0.25) is 17.7 Å². The Kier molecular flexibility index (Phi) is 16.5. The molecular formula is C40H66N4O6. The van der Waals surface area contributed by atoms with Gasteiger partial charge in [0, 0.05) is 25.4 Å². The number of amides is 4. The first-order valence-electron chi connectivity index (χ1n) is 19.4. The van der Waals surface area contributed by atoms with Gasteiger partial charge in [-0.2, -0.15) is 0 Å². The van der Waals surface area contributed by atoms with Crippen molar-refractivity contribution in [2.45, 2.75) is 168 Å². The third kappa shape index (κ3) is 12.9. The van der Waals surface area contributed by atoms with Crippen molar-refractivity contribution in [2.24, 2.45) is 17.8 Å². The number of carbonyl (C=O) groups is 4. The van der Waals surface area contributed by atoms with E-state index in [1.807, 2.05) is 38.1 Å². The third-order valence-corrected chi connectivity index (χ3v) is 10.2. The van der Waals surface area contributed by atoms with Crippen LogP contribution < -0.4 is 16.0 Å². The Morgan fingerprint density at radius 2 is 1.64 bits per heavy atom. The summed E-state index contributed by atoms with van der Waals surface area (Å²) in [6.45, 7) is 14.3. The predicted molar refractivity (Wildman–Crippen MR) is 197 cm³/mol. The number of alkyl carbamates (subject to hydrolysis) is 1. The van der Waals surface area contributed by atoms with Crippen LogP contribution in [0.2, 0.25) is 0 Å². The largest absolute Gasteiger partial charge is 0.444 e. The second-order valence-corrected chi connectivity index (χ2v) is 15.9. The molecule has 1 aliphatic carbocycles. The number of hydrogen-bond acceptors (Lipinski definition) is 6. The molecule has 1 aromatic carbocycles. The Morgan fingerprint density at radius 1 is 0.980 bits per heavy atom. The molecule has 0 saturated heterocycles. The van der Waals surface area contributed by atoms with Crippen molar-refractivity contribution in [3.63, 3.8) is 0 Å². The van der Waals surface area contributed by atoms with Crippen LogP contribution >= 0.6 is 0 Å². The molecule has 282 valence electrons. The molecule has 1 saturated carbocycles. The molecule has 1 aromatic rings. The number of nitrogens with one attached hydrogen (secondary N) is 3. The number of aliphatic hydroxyl groups excluding tert-OH is 1. The monoisotopic (exact) mass is 698 g/mol. The fourth-order valence-electron chi connectivity index (χ4n) is 7.33. The zero-order valence-corrected chi connectivity index (χ0v) is 31.9. The molecular weight excluding hydrogens is 632 g/mol. The van der Waals surface area contributed by atoms with Crippen LogP contribution in [0.4, 0.5) is 4.79 Å². The van der Waals surface area contributed by atoms with Crippen molar-refractivity contribution in [1.29, 1.82) is 0 Å². The van der Waals surface area contributed by atoms with Crippen molar-refractivity contribution in [3.8, 4) is 0 Å². The molecule has 1 heterocycles. The molecule has 2 aliphatic rings. The first kappa shape index (κ1) is 41.3. The van der Waals surface area contributed by atoms with Gasteiger partial charge in [-0.15, -0.1) is 0 Å². The molecule has 0 spiro atoms. The first-order chi connectivity index (χ1) is 23.7. The Morgan fingerprint density at radius 3 is 2.26 bits per heavy atom. The van der Waals surface area contributed by atoms with Crippen molar-refractivity contribution in [1.82, 2.24) is 20.9 Å². The smallest absolute Gasteiger partial charge is 0.408 e. The summed E-state index contributed by atoms with van der Waals surface area (Å²) in [5.41, 5.74) is 1.12. The lowest BCUT2D eigenvalue weighted by Crippen LogP contribution is -2.57. The summed E-state index contributed by atoms with van der Waals surface area (Å²) in [6.07, 6.45) is 8.94. The number of nitrogens with zero attached hydrogens (tertiary/aromatic N) is 1. The van der Waals surface area contributed by atoms with Crippen molar-refractivity contribution >= 4 is 23.8 Å². The van der Waals surface area contributed by atoms with Crippen LogP contribution in [-0.2, 0) is 32.1 Å². The minimum atomic E-state index is -0.931. The zero-order valence-electron chi connectivity index (χ0n) is 31.9. The van der Waals surface area contributed by atoms with Crippen molar-refractivity contribution < 1.29 is 29.0 Å². The maximum Gasteiger partial charge on any atom is 0.408 e. The zero-order chi connectivity index (χ0) is 36.8. The summed E-state index contributed by atoms with van der Waals surface area (Å²) in [5.74, 6) is -0.728. The average Bonchev–Trinajstić information content (AvgIpc) is 3.18. The van der Waals surface area contributed by atoms with Crippen LogP contribution in [0.3, 0.4) is 0 Å². The van der Waals surface area contributed by atoms with E-state index in [0.717, 1.165) is 62.5 Å². The van der Waals surface area contributed by atoms with Gasteiger partial charge in [0.05, 0.1) is 12.1 Å². The molecule has 1 fully saturated rings. The van der Waals surface area contributed by atoms with E-state index in [2.05, 4.69) is 29.8 Å². The second-order valence-electron chi connectivity index (χ2n) is 15.9. The lowest BCUT2D eigenvalue weighted by Gasteiger charge is -2.36. The van der Waals surface area contributed by atoms with Gasteiger partial charge in [-0.05, 0) is 69.4 Å². The SMILES string of the molecule is CCCCNC(=O)[C@@H](C[C@H](O)[C@H](CC1CCCCC1)NC(=O)[C@H](CCCC)N1Cc2ccccc2C[C@H](NC(=O)OC(C)(C)C)C1=O)C(C)C. The minimum Gasteiger partial charge on any atom is -0.444 e. The Balaban J connectivity index is 1.92. The minimum absolute atomic E-state index is 0.0128. The number of rotatable bonds is 17. The maximum atomic E-state index is 14.5. The lowest BCUT2D eigenvalue weighted by molar-refractivity contribution is -0.143. The predicted octanol–water partition coefficient (Wildman–Crippen LogP) is 6.42. The topological polar surface area (TPSA) is 137 Å². The number of ether oxygens (including phenoxy) is 1. The highest BCUT2D eigenvalue weighted by molar-refractivity contribution is 5.92. The number of benzene rings is 1. The molecule has 3 rings (SSSR count). The Hall–Kier alpha value is -3.14. The van der Waals surface area contributed by atoms with Crippen LogP contribution in [0.25, 0.3) is 0 Å². The van der Waals surface area contributed by atoms with E-state index in [1.165, 1.54) is 6.42 Å². The number of aliphatic hydroxyl groups is 1. The van der Waals surface area contributed by atoms with E-state index >= 15 is 0 Å². The van der Waals surface area contributed by atoms with Gasteiger partial charge < -0.3 is 30.7 Å². The molecule has 10 heteroatoms. The summed E-state index contributed by atoms with van der Waals surface area (Å²) in [5, 5.41) is 20.9. The number of hydrogen-bond donors (Lipinski definition) is 4. The molecule has 10 nitrogen and oxygen atoms in total. The summed E-state index contributed by atoms with van der Waals surface area (Å²) in [6, 6.07) is 5.47. The van der Waals surface area contributed by atoms with Crippen LogP contribution in [0.5, 0.6) is 0 Å². The van der Waals surface area contributed by atoms with E-state index in [1.54, 1.807) is 25.7 Å². The van der Waals surface area contributed by atoms with Gasteiger partial charge in [0.15, 0.2) is 0 Å². The van der Waals surface area contributed by atoms with E-state index < -0.39 is 41.8 Å². The summed E-state index contributed by atoms with van der Waals surface area (Å²) in [7, 11) is 0. The molecule has 0 radical (unpaired) electrons. The highest BCUT2D eigenvalue weighted by atomic mass is 16.6. The highest BCUT2D eigenvalue weighted by Crippen LogP contribution is 2.30. The van der Waals surface area contributed by atoms with Crippen LogP contribution in [-0.4, -0.2) is 70.2 Å². The van der Waals surface area contributed by atoms with E-state index in [9.17, 15) is 24.3 Å². The molecule has 4 amide bonds. The molecule has 1 aliphatic heterocycles. The molecule has 0 unspecified atom stereocenters. The van der Waals surface area contributed by atoms with Gasteiger partial charge in [0.25, 0.3) is 0 Å². The summed E-state index contributed by atoms with van der Waals surface area (Å²) in [4.78, 5) is 56.6. The van der Waals surface area contributed by atoms with Crippen molar-refractivity contribution in [2.75, 3.05) is 6.54 Å². The molecule has 0 bridgehead atoms. The summed E-state index contributed by atoms with van der Waals surface area (Å²) < 4.78 is 5.51. The van der Waals surface area contributed by atoms with Crippen LogP contribution in [0, 0.1) is 17.8 Å². The fourth-order valence-corrected chi connectivity index (χ4v) is 7.33. The van der Waals surface area contributed by atoms with Gasteiger partial charge >= 0.3 is 6.09 Å². The van der Waals surface area contributed by atoms with Gasteiger partial charge in [-0.1, -0.05) is 103 Å². The normalized spacial score (nSPS) is 19.5. The Labute approximate surface area is 301 Å². The van der Waals surface area contributed by atoms with Crippen molar-refractivity contribution in [3.05, 3.63) is 35.4 Å². The lowest BCUT2D eigenvalue weighted by atomic mass is 9.81. The Bertz CT molecular complexity index is 1240. The molecule has 4 N–H and O–H groups in total. The standard InChI is InChI=1S/C40H66N4O6/c1-8-10-21-34(44-26-30-20-16-15-19-29(30)24-33(38(44)48)43-39(49)50-40(5,6)7)37(47)42-32(23-28-17-13-12-14-18-28)35(45)25-31(27(3)4)36(46)41-22-11-9-2/h15-16,19-20,27-28,31-35,45H,8-14,17-18,21-26H2,1-7H3,(H,41,46)(H,42,47)(H,43,49)/t31-,32-,33-,34-,35-/m0/s1. The number of carbonyl (C=O) groups excluding carboxylic acids is 4. The summed E-state index contributed by atoms with van der Waals surface area (Å²) >= 11 is 0. The highest BCUT2D eigenvalue weighted by Gasteiger charge is 2.40. The quantitative estimate of drug-likeness (QED) is 0.139. The second kappa shape index (κ2) is 20.0. The molecule has 0 aromatic heterocycles. The average molecular weight is 699 g/mol. The van der Waals surface area contributed by atoms with Gasteiger partial charge in [0.1, 0.15) is 17.7 Å². The van der Waals surface area contributed by atoms with Gasteiger partial charge in [-0.3, -0.25) is 14.4 Å². The maximum absolute atomic E-state index is 14.5. The third-order valence-electron chi connectivity index (χ3n) is 10.2. The van der Waals surface area contributed by atoms with E-state index in [-0.39, 0.29) is 43.0 Å². The molecule has 5 atom stereocenters. The van der Waals surface area contributed by atoms with E-state index in [0.29, 0.717) is 25.3 Å². The number of fused-ring (bicyclic) bond motifs is 1. The molecule has 50 heavy (non-hydrogen) atoms. The van der Waals surface area contributed by atoms with E-state index in [4.69, 9.17) is 4.74 Å². The van der Waals surface area contributed by atoms with Crippen LogP contribution in [0.1, 0.15) is 137 Å². The van der Waals surface area contributed by atoms with Crippen LogP contribution in [0.15, 0.2) is 24.3 Å². The van der Waals surface area contributed by atoms with Gasteiger partial charge in [-0.25, -0.2) is 4.79 Å². The first-order valence-corrected chi connectivity index (χ1v) is 19.4. The fraction of sp³-hybridized carbons (Fsp3) is 0.750.